The van der Waals surface area contributed by atoms with Crippen LogP contribution < -0.4 is 20.1 Å². The Balaban J connectivity index is 1.69. The van der Waals surface area contributed by atoms with E-state index in [0.29, 0.717) is 11.3 Å². The molecule has 0 radical (unpaired) electrons. The predicted octanol–water partition coefficient (Wildman–Crippen LogP) is 1.67. The molecular weight excluding hydrogens is 373 g/mol. The highest BCUT2D eigenvalue weighted by Gasteiger charge is 2.14. The number of rotatable bonds is 9. The maximum absolute atomic E-state index is 13.5. The van der Waals surface area contributed by atoms with Crippen molar-refractivity contribution in [2.24, 2.45) is 0 Å². The molecule has 0 atom stereocenters. The standard InChI is InChI=1S/C18H18FN3O6/c1-27-13-4-2-12(3-5-13)18(24)21-9-8-20-17(23)11-28-14-6-7-16(22(25)26)15(19)10-14/h2-7,10H,8-9,11H2,1H3,(H,20,23)(H,21,24). The molecule has 2 aromatic carbocycles. The number of ether oxygens (including phenoxy) is 2. The van der Waals surface area contributed by atoms with Gasteiger partial charge in [-0.2, -0.15) is 4.39 Å². The fraction of sp³-hybridized carbons (Fsp3) is 0.222. The number of nitrogens with one attached hydrogen (secondary N) is 2. The van der Waals surface area contributed by atoms with E-state index in [1.807, 2.05) is 0 Å². The van der Waals surface area contributed by atoms with E-state index in [9.17, 15) is 24.1 Å². The second-order valence-corrected chi connectivity index (χ2v) is 5.49. The van der Waals surface area contributed by atoms with E-state index in [4.69, 9.17) is 9.47 Å². The molecule has 0 heterocycles. The lowest BCUT2D eigenvalue weighted by Crippen LogP contribution is -2.36. The summed E-state index contributed by atoms with van der Waals surface area (Å²) in [6, 6.07) is 9.54. The molecule has 0 fully saturated rings. The highest BCUT2D eigenvalue weighted by Crippen LogP contribution is 2.22. The molecule has 0 aliphatic heterocycles. The van der Waals surface area contributed by atoms with E-state index in [1.54, 1.807) is 24.3 Å². The van der Waals surface area contributed by atoms with Gasteiger partial charge in [-0.3, -0.25) is 19.7 Å². The van der Waals surface area contributed by atoms with Crippen LogP contribution >= 0.6 is 0 Å². The minimum Gasteiger partial charge on any atom is -0.497 e. The molecule has 28 heavy (non-hydrogen) atoms. The van der Waals surface area contributed by atoms with Crippen LogP contribution in [-0.2, 0) is 4.79 Å². The lowest BCUT2D eigenvalue weighted by molar-refractivity contribution is -0.387. The molecule has 10 heteroatoms. The molecule has 2 aromatic rings. The number of benzene rings is 2. The van der Waals surface area contributed by atoms with Crippen molar-refractivity contribution in [2.45, 2.75) is 0 Å². The summed E-state index contributed by atoms with van der Waals surface area (Å²) in [5.41, 5.74) is -0.222. The lowest BCUT2D eigenvalue weighted by atomic mass is 10.2. The van der Waals surface area contributed by atoms with Gasteiger partial charge in [0.1, 0.15) is 11.5 Å². The van der Waals surface area contributed by atoms with Crippen molar-refractivity contribution >= 4 is 17.5 Å². The van der Waals surface area contributed by atoms with Crippen molar-refractivity contribution in [1.29, 1.82) is 0 Å². The second-order valence-electron chi connectivity index (χ2n) is 5.49. The molecule has 0 aliphatic rings. The van der Waals surface area contributed by atoms with Crippen LogP contribution in [0.3, 0.4) is 0 Å². The average molecular weight is 391 g/mol. The van der Waals surface area contributed by atoms with Crippen LogP contribution in [0.25, 0.3) is 0 Å². The molecule has 0 aliphatic carbocycles. The molecular formula is C18H18FN3O6. The first kappa shape index (κ1) is 20.6. The Kier molecular flexibility index (Phi) is 7.26. The van der Waals surface area contributed by atoms with E-state index in [0.717, 1.165) is 12.1 Å². The Morgan fingerprint density at radius 1 is 1.07 bits per heavy atom. The first-order valence-electron chi connectivity index (χ1n) is 8.16. The summed E-state index contributed by atoms with van der Waals surface area (Å²) in [6.07, 6.45) is 0. The van der Waals surface area contributed by atoms with Crippen LogP contribution in [0, 0.1) is 15.9 Å². The molecule has 2 rings (SSSR count). The molecule has 0 aromatic heterocycles. The fourth-order valence-corrected chi connectivity index (χ4v) is 2.15. The topological polar surface area (TPSA) is 120 Å². The average Bonchev–Trinajstić information content (AvgIpc) is 2.69. The van der Waals surface area contributed by atoms with Gasteiger partial charge in [-0.1, -0.05) is 0 Å². The van der Waals surface area contributed by atoms with Crippen molar-refractivity contribution in [3.63, 3.8) is 0 Å². The maximum Gasteiger partial charge on any atom is 0.305 e. The van der Waals surface area contributed by atoms with Crippen molar-refractivity contribution in [1.82, 2.24) is 10.6 Å². The van der Waals surface area contributed by atoms with E-state index < -0.39 is 28.9 Å². The van der Waals surface area contributed by atoms with E-state index in [1.165, 1.54) is 13.2 Å². The smallest absolute Gasteiger partial charge is 0.305 e. The largest absolute Gasteiger partial charge is 0.497 e. The molecule has 0 spiro atoms. The number of nitrogens with zero attached hydrogens (tertiary/aromatic N) is 1. The van der Waals surface area contributed by atoms with Crippen LogP contribution in [0.1, 0.15) is 10.4 Å². The van der Waals surface area contributed by atoms with Crippen LogP contribution in [0.2, 0.25) is 0 Å². The fourth-order valence-electron chi connectivity index (χ4n) is 2.15. The first-order chi connectivity index (χ1) is 13.4. The van der Waals surface area contributed by atoms with E-state index in [-0.39, 0.29) is 24.7 Å². The first-order valence-corrected chi connectivity index (χ1v) is 8.16. The van der Waals surface area contributed by atoms with Gasteiger partial charge >= 0.3 is 5.69 Å². The Bertz CT molecular complexity index is 857. The minimum absolute atomic E-state index is 0.00828. The van der Waals surface area contributed by atoms with Crippen molar-refractivity contribution < 1.29 is 28.4 Å². The van der Waals surface area contributed by atoms with Crippen LogP contribution in [0.15, 0.2) is 42.5 Å². The van der Waals surface area contributed by atoms with Gasteiger partial charge in [-0.25, -0.2) is 0 Å². The summed E-state index contributed by atoms with van der Waals surface area (Å²) in [6.45, 7) is -0.0366. The second kappa shape index (κ2) is 9.86. The third-order valence-electron chi connectivity index (χ3n) is 3.57. The molecule has 0 bridgehead atoms. The third kappa shape index (κ3) is 5.94. The highest BCUT2D eigenvalue weighted by atomic mass is 19.1. The summed E-state index contributed by atoms with van der Waals surface area (Å²) in [4.78, 5) is 33.3. The van der Waals surface area contributed by atoms with Crippen LogP contribution in [0.5, 0.6) is 11.5 Å². The molecule has 0 unspecified atom stereocenters. The number of nitro benzene ring substituents is 1. The van der Waals surface area contributed by atoms with Gasteiger partial charge in [-0.05, 0) is 30.3 Å². The van der Waals surface area contributed by atoms with E-state index in [2.05, 4.69) is 10.6 Å². The zero-order chi connectivity index (χ0) is 20.5. The Morgan fingerprint density at radius 2 is 1.71 bits per heavy atom. The number of nitro groups is 1. The van der Waals surface area contributed by atoms with Gasteiger partial charge < -0.3 is 20.1 Å². The number of methoxy groups -OCH3 is 1. The summed E-state index contributed by atoms with van der Waals surface area (Å²) in [5.74, 6) is -1.21. The zero-order valence-electron chi connectivity index (χ0n) is 14.9. The molecule has 148 valence electrons. The molecule has 2 N–H and O–H groups in total. The van der Waals surface area contributed by atoms with E-state index >= 15 is 0 Å². The molecule has 2 amide bonds. The highest BCUT2D eigenvalue weighted by molar-refractivity contribution is 5.94. The van der Waals surface area contributed by atoms with Gasteiger partial charge in [0, 0.05) is 30.8 Å². The Morgan fingerprint density at radius 3 is 2.32 bits per heavy atom. The zero-order valence-corrected chi connectivity index (χ0v) is 14.9. The molecule has 0 saturated heterocycles. The van der Waals surface area contributed by atoms with Crippen LogP contribution in [-0.4, -0.2) is 43.5 Å². The summed E-state index contributed by atoms with van der Waals surface area (Å²) < 4.78 is 23.6. The number of halogens is 1. The van der Waals surface area contributed by atoms with Gasteiger partial charge in [0.25, 0.3) is 11.8 Å². The van der Waals surface area contributed by atoms with Gasteiger partial charge in [0.15, 0.2) is 6.61 Å². The normalized spacial score (nSPS) is 10.1. The van der Waals surface area contributed by atoms with Crippen molar-refractivity contribution in [2.75, 3.05) is 26.8 Å². The van der Waals surface area contributed by atoms with Crippen molar-refractivity contribution in [3.8, 4) is 11.5 Å². The predicted molar refractivity (Wildman–Crippen MR) is 96.9 cm³/mol. The molecule has 9 nitrogen and oxygen atoms in total. The number of carbonyl (C=O) groups is 2. The summed E-state index contributed by atoms with van der Waals surface area (Å²) >= 11 is 0. The van der Waals surface area contributed by atoms with Gasteiger partial charge in [0.05, 0.1) is 12.0 Å². The monoisotopic (exact) mass is 391 g/mol. The Hall–Kier alpha value is -3.69. The maximum atomic E-state index is 13.5. The summed E-state index contributed by atoms with van der Waals surface area (Å²) in [7, 11) is 1.53. The Labute approximate surface area is 159 Å². The molecule has 0 saturated carbocycles. The number of amides is 2. The summed E-state index contributed by atoms with van der Waals surface area (Å²) in [5, 5.41) is 15.7. The number of carbonyl (C=O) groups excluding carboxylic acids is 2. The minimum atomic E-state index is -1.05. The number of hydrogen-bond acceptors (Lipinski definition) is 6. The lowest BCUT2D eigenvalue weighted by Gasteiger charge is -2.09. The van der Waals surface area contributed by atoms with Crippen molar-refractivity contribution in [3.05, 3.63) is 64.0 Å². The van der Waals surface area contributed by atoms with Crippen LogP contribution in [0.4, 0.5) is 10.1 Å². The van der Waals surface area contributed by atoms with Gasteiger partial charge in [0.2, 0.25) is 5.82 Å². The SMILES string of the molecule is COc1ccc(C(=O)NCCNC(=O)COc2ccc([N+](=O)[O-])c(F)c2)cc1. The quantitative estimate of drug-likeness (QED) is 0.381. The number of hydrogen-bond donors (Lipinski definition) is 2. The third-order valence-corrected chi connectivity index (χ3v) is 3.57. The van der Waals surface area contributed by atoms with Gasteiger partial charge in [-0.15, -0.1) is 0 Å².